The van der Waals surface area contributed by atoms with Crippen LogP contribution in [0.5, 0.6) is 5.75 Å². The summed E-state index contributed by atoms with van der Waals surface area (Å²) >= 11 is 3.33. The molecule has 0 heterocycles. The SMILES string of the molecule is COc1c(C)c(C)cc(C=O)c1Br. The average Bonchev–Trinajstić information content (AvgIpc) is 2.12. The van der Waals surface area contributed by atoms with Gasteiger partial charge >= 0.3 is 0 Å². The van der Waals surface area contributed by atoms with Crippen LogP contribution in [0.3, 0.4) is 0 Å². The third-order valence-electron chi connectivity index (χ3n) is 2.09. The standard InChI is InChI=1S/C10H11BrO2/c1-6-4-8(5-12)9(11)10(13-3)7(6)2/h4-5H,1-3H3. The van der Waals surface area contributed by atoms with E-state index >= 15 is 0 Å². The summed E-state index contributed by atoms with van der Waals surface area (Å²) in [6.45, 7) is 3.92. The van der Waals surface area contributed by atoms with E-state index in [4.69, 9.17) is 4.74 Å². The number of ether oxygens (including phenoxy) is 1. The lowest BCUT2D eigenvalue weighted by Gasteiger charge is -2.11. The molecule has 0 unspecified atom stereocenters. The van der Waals surface area contributed by atoms with E-state index in [9.17, 15) is 4.79 Å². The normalized spacial score (nSPS) is 9.85. The van der Waals surface area contributed by atoms with Crippen LogP contribution in [0.4, 0.5) is 0 Å². The lowest BCUT2D eigenvalue weighted by atomic mass is 10.1. The van der Waals surface area contributed by atoms with Crippen molar-refractivity contribution in [3.8, 4) is 5.75 Å². The lowest BCUT2D eigenvalue weighted by Crippen LogP contribution is -1.95. The van der Waals surface area contributed by atoms with E-state index in [0.717, 1.165) is 27.6 Å². The smallest absolute Gasteiger partial charge is 0.151 e. The van der Waals surface area contributed by atoms with Crippen molar-refractivity contribution in [3.05, 3.63) is 27.2 Å². The Hall–Kier alpha value is -0.830. The second-order valence-corrected chi connectivity index (χ2v) is 3.67. The molecule has 13 heavy (non-hydrogen) atoms. The van der Waals surface area contributed by atoms with Crippen molar-refractivity contribution in [1.82, 2.24) is 0 Å². The molecular formula is C10H11BrO2. The van der Waals surface area contributed by atoms with Gasteiger partial charge in [0.15, 0.2) is 6.29 Å². The van der Waals surface area contributed by atoms with Crippen molar-refractivity contribution in [2.75, 3.05) is 7.11 Å². The monoisotopic (exact) mass is 242 g/mol. The predicted molar refractivity (Wildman–Crippen MR) is 55.6 cm³/mol. The summed E-state index contributed by atoms with van der Waals surface area (Å²) < 4.78 is 5.92. The van der Waals surface area contributed by atoms with Gasteiger partial charge in [0, 0.05) is 5.56 Å². The highest BCUT2D eigenvalue weighted by Crippen LogP contribution is 2.33. The second kappa shape index (κ2) is 3.92. The van der Waals surface area contributed by atoms with Crippen LogP contribution in [-0.2, 0) is 0 Å². The van der Waals surface area contributed by atoms with Crippen LogP contribution >= 0.6 is 15.9 Å². The summed E-state index contributed by atoms with van der Waals surface area (Å²) in [5.74, 6) is 0.738. The Labute approximate surface area is 86.0 Å². The molecule has 0 spiro atoms. The first-order chi connectivity index (χ1) is 6.11. The van der Waals surface area contributed by atoms with Gasteiger partial charge in [0.1, 0.15) is 5.75 Å². The minimum atomic E-state index is 0.625. The number of benzene rings is 1. The van der Waals surface area contributed by atoms with Gasteiger partial charge in [-0.05, 0) is 47.0 Å². The maximum Gasteiger partial charge on any atom is 0.151 e. The summed E-state index contributed by atoms with van der Waals surface area (Å²) in [4.78, 5) is 10.7. The van der Waals surface area contributed by atoms with Crippen molar-refractivity contribution in [3.63, 3.8) is 0 Å². The van der Waals surface area contributed by atoms with Gasteiger partial charge in [0.25, 0.3) is 0 Å². The first-order valence-corrected chi connectivity index (χ1v) is 4.70. The highest BCUT2D eigenvalue weighted by Gasteiger charge is 2.11. The molecule has 3 heteroatoms. The van der Waals surface area contributed by atoms with Crippen molar-refractivity contribution in [1.29, 1.82) is 0 Å². The largest absolute Gasteiger partial charge is 0.495 e. The highest BCUT2D eigenvalue weighted by molar-refractivity contribution is 9.10. The molecule has 0 N–H and O–H groups in total. The van der Waals surface area contributed by atoms with Gasteiger partial charge in [-0.3, -0.25) is 4.79 Å². The topological polar surface area (TPSA) is 26.3 Å². The van der Waals surface area contributed by atoms with Crippen LogP contribution in [-0.4, -0.2) is 13.4 Å². The molecule has 1 aromatic carbocycles. The Morgan fingerprint density at radius 2 is 2.08 bits per heavy atom. The molecule has 0 saturated heterocycles. The first kappa shape index (κ1) is 10.3. The Morgan fingerprint density at radius 3 is 2.54 bits per heavy atom. The van der Waals surface area contributed by atoms with E-state index in [1.54, 1.807) is 7.11 Å². The molecule has 0 atom stereocenters. The van der Waals surface area contributed by atoms with Crippen molar-refractivity contribution in [2.45, 2.75) is 13.8 Å². The predicted octanol–water partition coefficient (Wildman–Crippen LogP) is 2.89. The number of rotatable bonds is 2. The minimum Gasteiger partial charge on any atom is -0.495 e. The van der Waals surface area contributed by atoms with E-state index in [0.29, 0.717) is 5.56 Å². The van der Waals surface area contributed by atoms with Crippen LogP contribution in [0.1, 0.15) is 21.5 Å². The van der Waals surface area contributed by atoms with Gasteiger partial charge in [0.2, 0.25) is 0 Å². The zero-order valence-corrected chi connectivity index (χ0v) is 9.44. The quantitative estimate of drug-likeness (QED) is 0.746. The molecule has 0 amide bonds. The molecule has 0 bridgehead atoms. The molecule has 0 aliphatic carbocycles. The van der Waals surface area contributed by atoms with Crippen LogP contribution in [0.25, 0.3) is 0 Å². The molecule has 2 nitrogen and oxygen atoms in total. The van der Waals surface area contributed by atoms with E-state index < -0.39 is 0 Å². The fraction of sp³-hybridized carbons (Fsp3) is 0.300. The zero-order valence-electron chi connectivity index (χ0n) is 7.85. The number of hydrogen-bond acceptors (Lipinski definition) is 2. The summed E-state index contributed by atoms with van der Waals surface area (Å²) in [7, 11) is 1.60. The Morgan fingerprint density at radius 1 is 1.46 bits per heavy atom. The Kier molecular flexibility index (Phi) is 3.09. The third-order valence-corrected chi connectivity index (χ3v) is 2.91. The van der Waals surface area contributed by atoms with Crippen LogP contribution < -0.4 is 4.74 Å². The fourth-order valence-corrected chi connectivity index (χ4v) is 1.88. The maximum atomic E-state index is 10.7. The van der Waals surface area contributed by atoms with Crippen molar-refractivity contribution in [2.24, 2.45) is 0 Å². The molecule has 0 aliphatic rings. The van der Waals surface area contributed by atoms with Crippen LogP contribution in [0.2, 0.25) is 0 Å². The van der Waals surface area contributed by atoms with Crippen LogP contribution in [0.15, 0.2) is 10.5 Å². The van der Waals surface area contributed by atoms with Crippen molar-refractivity contribution < 1.29 is 9.53 Å². The Bertz CT molecular complexity index is 345. The lowest BCUT2D eigenvalue weighted by molar-refractivity contribution is 0.112. The first-order valence-electron chi connectivity index (χ1n) is 3.90. The summed E-state index contributed by atoms with van der Waals surface area (Å²) in [6.07, 6.45) is 0.818. The minimum absolute atomic E-state index is 0.625. The molecule has 0 aromatic heterocycles. The van der Waals surface area contributed by atoms with Gasteiger partial charge in [0.05, 0.1) is 11.6 Å². The maximum absolute atomic E-state index is 10.7. The number of carbonyl (C=O) groups is 1. The van der Waals surface area contributed by atoms with Gasteiger partial charge in [-0.25, -0.2) is 0 Å². The Balaban J connectivity index is 3.47. The average molecular weight is 243 g/mol. The van der Waals surface area contributed by atoms with Crippen LogP contribution in [0, 0.1) is 13.8 Å². The molecular weight excluding hydrogens is 232 g/mol. The molecule has 0 fully saturated rings. The molecule has 0 radical (unpaired) electrons. The summed E-state index contributed by atoms with van der Waals surface area (Å²) in [6, 6.07) is 1.84. The number of carbonyl (C=O) groups excluding carboxylic acids is 1. The second-order valence-electron chi connectivity index (χ2n) is 2.87. The highest BCUT2D eigenvalue weighted by atomic mass is 79.9. The number of hydrogen-bond donors (Lipinski definition) is 0. The number of aryl methyl sites for hydroxylation is 1. The molecule has 0 saturated carbocycles. The fourth-order valence-electron chi connectivity index (χ4n) is 1.21. The van der Waals surface area contributed by atoms with E-state index in [1.165, 1.54) is 0 Å². The van der Waals surface area contributed by atoms with Gasteiger partial charge in [-0.15, -0.1) is 0 Å². The van der Waals surface area contributed by atoms with E-state index in [2.05, 4.69) is 15.9 Å². The number of halogens is 1. The third kappa shape index (κ3) is 1.75. The summed E-state index contributed by atoms with van der Waals surface area (Å²) in [5.41, 5.74) is 2.74. The molecule has 1 aromatic rings. The van der Waals surface area contributed by atoms with E-state index in [-0.39, 0.29) is 0 Å². The number of methoxy groups -OCH3 is 1. The zero-order chi connectivity index (χ0) is 10.0. The number of aldehydes is 1. The molecule has 1 rings (SSSR count). The molecule has 70 valence electrons. The molecule has 0 aliphatic heterocycles. The summed E-state index contributed by atoms with van der Waals surface area (Å²) in [5, 5.41) is 0. The van der Waals surface area contributed by atoms with Crippen molar-refractivity contribution >= 4 is 22.2 Å². The van der Waals surface area contributed by atoms with Gasteiger partial charge in [-0.1, -0.05) is 0 Å². The van der Waals surface area contributed by atoms with E-state index in [1.807, 2.05) is 19.9 Å². The van der Waals surface area contributed by atoms with Gasteiger partial charge in [-0.2, -0.15) is 0 Å². The van der Waals surface area contributed by atoms with Gasteiger partial charge < -0.3 is 4.74 Å².